The van der Waals surface area contributed by atoms with E-state index in [0.717, 1.165) is 29.8 Å². The van der Waals surface area contributed by atoms with E-state index in [4.69, 9.17) is 14.1 Å². The first-order valence-corrected chi connectivity index (χ1v) is 11.8. The number of benzene rings is 2. The van der Waals surface area contributed by atoms with E-state index in [-0.39, 0.29) is 13.2 Å². The Morgan fingerprint density at radius 2 is 1.91 bits per heavy atom. The maximum absolute atomic E-state index is 12.5. The Labute approximate surface area is 200 Å². The molecule has 34 heavy (non-hydrogen) atoms. The van der Waals surface area contributed by atoms with Crippen molar-refractivity contribution in [1.29, 1.82) is 0 Å². The Morgan fingerprint density at radius 1 is 1.15 bits per heavy atom. The van der Waals surface area contributed by atoms with Crippen molar-refractivity contribution in [3.8, 4) is 5.75 Å². The van der Waals surface area contributed by atoms with Crippen LogP contribution in [0.1, 0.15) is 46.3 Å². The maximum Gasteiger partial charge on any atom is 0.492 e. The van der Waals surface area contributed by atoms with Gasteiger partial charge in [0.15, 0.2) is 0 Å². The fourth-order valence-corrected chi connectivity index (χ4v) is 4.38. The van der Waals surface area contributed by atoms with Gasteiger partial charge in [-0.1, -0.05) is 18.2 Å². The summed E-state index contributed by atoms with van der Waals surface area (Å²) in [5.74, 6) is -0.135. The number of amides is 1. The number of carbonyl (C=O) groups is 2. The number of esters is 1. The minimum Gasteiger partial charge on any atom is -0.494 e. The van der Waals surface area contributed by atoms with Gasteiger partial charge in [-0.3, -0.25) is 9.59 Å². The first kappa shape index (κ1) is 24.3. The van der Waals surface area contributed by atoms with E-state index in [9.17, 15) is 14.6 Å². The van der Waals surface area contributed by atoms with E-state index in [0.29, 0.717) is 29.8 Å². The number of rotatable bonds is 10. The van der Waals surface area contributed by atoms with Crippen molar-refractivity contribution >= 4 is 24.5 Å². The molecule has 2 aromatic rings. The lowest BCUT2D eigenvalue weighted by Crippen LogP contribution is -2.35. The molecule has 0 saturated carbocycles. The van der Waals surface area contributed by atoms with E-state index >= 15 is 0 Å². The molecule has 0 unspecified atom stereocenters. The number of nitrogens with zero attached hydrogens (tertiary/aromatic N) is 1. The van der Waals surface area contributed by atoms with Gasteiger partial charge in [0.25, 0.3) is 5.91 Å². The van der Waals surface area contributed by atoms with Crippen LogP contribution >= 0.6 is 0 Å². The molecule has 2 aliphatic rings. The monoisotopic (exact) mass is 466 g/mol. The normalized spacial score (nSPS) is 15.3. The quantitative estimate of drug-likeness (QED) is 0.312. The minimum absolute atomic E-state index is 0.116. The van der Waals surface area contributed by atoms with E-state index < -0.39 is 19.0 Å². The molecule has 2 aliphatic heterocycles. The number of ether oxygens (including phenoxy) is 2. The van der Waals surface area contributed by atoms with Gasteiger partial charge in [0.2, 0.25) is 0 Å². The van der Waals surface area contributed by atoms with Crippen molar-refractivity contribution in [2.75, 3.05) is 32.8 Å². The van der Waals surface area contributed by atoms with Crippen LogP contribution in [-0.2, 0) is 27.4 Å². The number of hydrogen-bond donors (Lipinski definition) is 2. The van der Waals surface area contributed by atoms with Crippen LogP contribution in [0, 0.1) is 6.92 Å². The van der Waals surface area contributed by atoms with E-state index in [1.807, 2.05) is 24.3 Å². The molecule has 1 amide bonds. The van der Waals surface area contributed by atoms with Gasteiger partial charge >= 0.3 is 13.1 Å². The lowest BCUT2D eigenvalue weighted by Gasteiger charge is -2.14. The van der Waals surface area contributed by atoms with Crippen molar-refractivity contribution < 1.29 is 28.7 Å². The molecule has 1 fully saturated rings. The summed E-state index contributed by atoms with van der Waals surface area (Å²) in [5.41, 5.74) is 3.36. The zero-order valence-corrected chi connectivity index (χ0v) is 19.5. The third-order valence-corrected chi connectivity index (χ3v) is 6.30. The van der Waals surface area contributed by atoms with Gasteiger partial charge in [0, 0.05) is 12.1 Å². The molecule has 180 valence electrons. The highest BCUT2D eigenvalue weighted by molar-refractivity contribution is 6.62. The van der Waals surface area contributed by atoms with Crippen LogP contribution in [0.4, 0.5) is 0 Å². The first-order valence-electron chi connectivity index (χ1n) is 11.8. The van der Waals surface area contributed by atoms with Crippen molar-refractivity contribution in [3.05, 3.63) is 58.7 Å². The number of nitrogens with one attached hydrogen (secondary N) is 1. The average Bonchev–Trinajstić information content (AvgIpc) is 3.50. The van der Waals surface area contributed by atoms with Gasteiger partial charge in [0.1, 0.15) is 18.9 Å². The second-order valence-corrected chi connectivity index (χ2v) is 8.71. The molecule has 0 radical (unpaired) electrons. The molecule has 2 N–H and O–H groups in total. The van der Waals surface area contributed by atoms with Crippen molar-refractivity contribution in [1.82, 2.24) is 10.2 Å². The molecule has 0 spiro atoms. The first-order chi connectivity index (χ1) is 16.5. The Hall–Kier alpha value is -2.88. The topological polar surface area (TPSA) is 97.3 Å². The van der Waals surface area contributed by atoms with Crippen LogP contribution in [0.15, 0.2) is 36.4 Å². The molecule has 2 aromatic carbocycles. The van der Waals surface area contributed by atoms with Crippen molar-refractivity contribution in [2.24, 2.45) is 0 Å². The predicted octanol–water partition coefficient (Wildman–Crippen LogP) is 1.55. The molecule has 4 rings (SSSR count). The summed E-state index contributed by atoms with van der Waals surface area (Å²) in [5, 5.41) is 12.5. The van der Waals surface area contributed by atoms with E-state index in [1.54, 1.807) is 19.1 Å². The highest BCUT2D eigenvalue weighted by Gasteiger charge is 2.31. The second kappa shape index (κ2) is 11.5. The summed E-state index contributed by atoms with van der Waals surface area (Å²) in [6, 6.07) is 10.9. The number of likely N-dealkylation sites (tertiary alicyclic amines) is 1. The molecule has 8 nitrogen and oxygen atoms in total. The molecule has 0 aromatic heterocycles. The predicted molar refractivity (Wildman–Crippen MR) is 128 cm³/mol. The summed E-state index contributed by atoms with van der Waals surface area (Å²) in [7, 11) is -1.03. The Kier molecular flexibility index (Phi) is 8.21. The van der Waals surface area contributed by atoms with Crippen LogP contribution < -0.4 is 15.5 Å². The Bertz CT molecular complexity index is 1010. The summed E-state index contributed by atoms with van der Waals surface area (Å²) in [4.78, 5) is 27.1. The third kappa shape index (κ3) is 6.17. The standard InChI is InChI=1S/C25H31BN2O6/c1-18-22(10-7-20-17-34-26(31)24(18)20)25(30)27-15-23(29)33-16-19-5-8-21(9-6-19)32-14-4-13-28-11-2-3-12-28/h5-10,31H,2-4,11-17H2,1H3,(H,27,30). The SMILES string of the molecule is Cc1c(C(=O)NCC(=O)OCc2ccc(OCCCN3CCCC3)cc2)ccc2c1B(O)OC2. The van der Waals surface area contributed by atoms with Gasteiger partial charge in [-0.25, -0.2) is 0 Å². The fraction of sp³-hybridized carbons (Fsp3) is 0.440. The molecule has 0 atom stereocenters. The largest absolute Gasteiger partial charge is 0.494 e. The summed E-state index contributed by atoms with van der Waals surface area (Å²) >= 11 is 0. The molecule has 1 saturated heterocycles. The third-order valence-electron chi connectivity index (χ3n) is 6.30. The Balaban J connectivity index is 1.16. The molecule has 2 heterocycles. The van der Waals surface area contributed by atoms with Crippen LogP contribution in [0.5, 0.6) is 5.75 Å². The van der Waals surface area contributed by atoms with Gasteiger partial charge in [-0.05, 0) is 79.6 Å². The summed E-state index contributed by atoms with van der Waals surface area (Å²) in [6.07, 6.45) is 3.60. The zero-order valence-electron chi connectivity index (χ0n) is 19.5. The fourth-order valence-electron chi connectivity index (χ4n) is 4.38. The molecule has 0 bridgehead atoms. The Morgan fingerprint density at radius 3 is 2.68 bits per heavy atom. The minimum atomic E-state index is -1.03. The molecule has 9 heteroatoms. The van der Waals surface area contributed by atoms with Crippen LogP contribution in [0.25, 0.3) is 0 Å². The number of hydrogen-bond acceptors (Lipinski definition) is 7. The lowest BCUT2D eigenvalue weighted by molar-refractivity contribution is -0.143. The smallest absolute Gasteiger partial charge is 0.492 e. The number of fused-ring (bicyclic) bond motifs is 1. The molecular weight excluding hydrogens is 435 g/mol. The zero-order chi connectivity index (χ0) is 23.9. The molecule has 0 aliphatic carbocycles. The average molecular weight is 466 g/mol. The van der Waals surface area contributed by atoms with Gasteiger partial charge in [-0.15, -0.1) is 0 Å². The summed E-state index contributed by atoms with van der Waals surface area (Å²) < 4.78 is 16.3. The number of carbonyl (C=O) groups excluding carboxylic acids is 2. The highest BCUT2D eigenvalue weighted by Crippen LogP contribution is 2.17. The van der Waals surface area contributed by atoms with Crippen LogP contribution in [0.2, 0.25) is 0 Å². The molecular formula is C25H31BN2O6. The second-order valence-electron chi connectivity index (χ2n) is 8.71. The lowest BCUT2D eigenvalue weighted by atomic mass is 9.75. The summed E-state index contributed by atoms with van der Waals surface area (Å²) in [6.45, 7) is 6.10. The van der Waals surface area contributed by atoms with Gasteiger partial charge < -0.3 is 29.4 Å². The highest BCUT2D eigenvalue weighted by atomic mass is 16.5. The van der Waals surface area contributed by atoms with Gasteiger partial charge in [0.05, 0.1) is 13.2 Å². The van der Waals surface area contributed by atoms with Gasteiger partial charge in [-0.2, -0.15) is 0 Å². The van der Waals surface area contributed by atoms with Crippen molar-refractivity contribution in [2.45, 2.75) is 39.4 Å². The maximum atomic E-state index is 12.5. The van der Waals surface area contributed by atoms with E-state index in [1.165, 1.54) is 25.9 Å². The van der Waals surface area contributed by atoms with Crippen LogP contribution in [-0.4, -0.2) is 61.7 Å². The van der Waals surface area contributed by atoms with Crippen LogP contribution in [0.3, 0.4) is 0 Å². The van der Waals surface area contributed by atoms with Crippen molar-refractivity contribution in [3.63, 3.8) is 0 Å². The van der Waals surface area contributed by atoms with E-state index in [2.05, 4.69) is 10.2 Å².